The number of benzene rings is 2. The molecule has 0 radical (unpaired) electrons. The number of nitrogens with zero attached hydrogens (tertiary/aromatic N) is 12. The van der Waals surface area contributed by atoms with Crippen LogP contribution in [0.15, 0.2) is 81.1 Å². The average Bonchev–Trinajstić information content (AvgIpc) is 3.10. The zero-order valence-corrected chi connectivity index (χ0v) is 27.0. The van der Waals surface area contributed by atoms with Crippen molar-refractivity contribution in [3.8, 4) is 0 Å². The smallest absolute Gasteiger partial charge is 0.303 e. The normalized spacial score (nSPS) is 28.7. The van der Waals surface area contributed by atoms with Gasteiger partial charge in [-0.3, -0.25) is 9.59 Å². The minimum absolute atomic E-state index is 0.0400. The van der Waals surface area contributed by atoms with E-state index >= 15 is 0 Å². The Morgan fingerprint density at radius 1 is 0.700 bits per heavy atom. The second-order valence-electron chi connectivity index (χ2n) is 11.2. The van der Waals surface area contributed by atoms with Gasteiger partial charge < -0.3 is 28.4 Å². The van der Waals surface area contributed by atoms with Crippen LogP contribution in [0.2, 0.25) is 0 Å². The number of hydrogen-bond acceptors (Lipinski definition) is 12. The summed E-state index contributed by atoms with van der Waals surface area (Å²) >= 11 is 0. The second kappa shape index (κ2) is 18.9. The average molecular weight is 691 g/mol. The predicted octanol–water partition coefficient (Wildman–Crippen LogP) is 5.88. The molecule has 20 heteroatoms. The molecule has 2 aromatic carbocycles. The van der Waals surface area contributed by atoms with Gasteiger partial charge in [0.1, 0.15) is 30.5 Å². The van der Waals surface area contributed by atoms with Gasteiger partial charge in [0, 0.05) is 33.5 Å². The molecule has 1 aliphatic carbocycles. The molecule has 0 aromatic heterocycles. The van der Waals surface area contributed by atoms with Crippen LogP contribution in [0.5, 0.6) is 0 Å². The molecule has 50 heavy (non-hydrogen) atoms. The molecule has 2 aliphatic rings. The lowest BCUT2D eigenvalue weighted by atomic mass is 9.84. The van der Waals surface area contributed by atoms with Crippen molar-refractivity contribution in [3.05, 3.63) is 114 Å². The Balaban J connectivity index is 1.78. The van der Waals surface area contributed by atoms with E-state index in [1.807, 2.05) is 60.7 Å². The maximum Gasteiger partial charge on any atom is 0.303 e. The lowest BCUT2D eigenvalue weighted by molar-refractivity contribution is -0.301. The van der Waals surface area contributed by atoms with E-state index in [9.17, 15) is 31.7 Å². The highest BCUT2D eigenvalue weighted by atomic mass is 16.7. The van der Waals surface area contributed by atoms with E-state index in [1.165, 1.54) is 0 Å². The molecule has 1 saturated heterocycles. The van der Waals surface area contributed by atoms with Gasteiger partial charge in [-0.15, -0.1) is 0 Å². The van der Waals surface area contributed by atoms with Gasteiger partial charge in [-0.05, 0) is 39.7 Å². The highest BCUT2D eigenvalue weighted by Gasteiger charge is 2.54. The van der Waals surface area contributed by atoms with Crippen LogP contribution in [0.25, 0.3) is 41.8 Å². The quantitative estimate of drug-likeness (QED) is 0.0938. The van der Waals surface area contributed by atoms with E-state index in [2.05, 4.69) is 40.1 Å². The number of carbonyl (C=O) groups is 2. The van der Waals surface area contributed by atoms with Crippen LogP contribution in [0.4, 0.5) is 0 Å². The van der Waals surface area contributed by atoms with Gasteiger partial charge in [0.25, 0.3) is 0 Å². The number of ether oxygens (including phenoxy) is 6. The van der Waals surface area contributed by atoms with E-state index in [-0.39, 0.29) is 26.2 Å². The van der Waals surface area contributed by atoms with Crippen molar-refractivity contribution in [1.29, 1.82) is 0 Å². The Morgan fingerprint density at radius 3 is 1.74 bits per heavy atom. The summed E-state index contributed by atoms with van der Waals surface area (Å²) in [5.41, 5.74) is 39.2. The molecule has 0 amide bonds. The van der Waals surface area contributed by atoms with Gasteiger partial charge in [-0.1, -0.05) is 81.1 Å². The Labute approximate surface area is 285 Å². The molecule has 20 nitrogen and oxygen atoms in total. The van der Waals surface area contributed by atoms with Crippen LogP contribution in [0.1, 0.15) is 31.4 Å². The minimum atomic E-state index is -1.52. The van der Waals surface area contributed by atoms with Crippen molar-refractivity contribution in [1.82, 2.24) is 0 Å². The third-order valence-electron chi connectivity index (χ3n) is 7.88. The van der Waals surface area contributed by atoms with Crippen molar-refractivity contribution in [2.75, 3.05) is 6.54 Å². The lowest BCUT2D eigenvalue weighted by Gasteiger charge is -2.48. The first-order valence-corrected chi connectivity index (χ1v) is 15.4. The zero-order chi connectivity index (χ0) is 35.9. The Kier molecular flexibility index (Phi) is 14.1. The summed E-state index contributed by atoms with van der Waals surface area (Å²) in [6, 6.07) is 14.8. The standard InChI is InChI=1S/C30H34N12O8/c1-17(43)47-25-21(36-40-32)13-22(37-41-33)26(29(25)48-18(2)44)50-30-24(38-42-34)28(46-16-20-11-7-4-8-12-20)27(23(49-30)14-35-39-31)45-15-19-9-5-3-6-10-19/h3-12,21-30H,13-16H2,1-2H3/t21-,22+,23-,24-,25+,26-,27-,28-,29-,30-/m1/s1. The van der Waals surface area contributed by atoms with Crippen molar-refractivity contribution in [2.45, 2.75) is 94.5 Å². The first-order valence-electron chi connectivity index (χ1n) is 15.4. The monoisotopic (exact) mass is 690 g/mol. The van der Waals surface area contributed by atoms with Crippen LogP contribution in [0, 0.1) is 0 Å². The van der Waals surface area contributed by atoms with Crippen molar-refractivity contribution in [2.24, 2.45) is 20.5 Å². The molecule has 0 N–H and O–H groups in total. The predicted molar refractivity (Wildman–Crippen MR) is 172 cm³/mol. The Hall–Kier alpha value is -5.54. The molecular weight excluding hydrogens is 656 g/mol. The van der Waals surface area contributed by atoms with Gasteiger partial charge in [0.15, 0.2) is 12.4 Å². The Bertz CT molecular complexity index is 1650. The molecular formula is C30H34N12O8. The molecule has 0 unspecified atom stereocenters. The third kappa shape index (κ3) is 9.99. The van der Waals surface area contributed by atoms with E-state index < -0.39 is 73.0 Å². The van der Waals surface area contributed by atoms with Crippen molar-refractivity contribution >= 4 is 11.9 Å². The van der Waals surface area contributed by atoms with Crippen molar-refractivity contribution in [3.63, 3.8) is 0 Å². The fraction of sp³-hybridized carbons (Fsp3) is 0.533. The van der Waals surface area contributed by atoms with Crippen molar-refractivity contribution < 1.29 is 38.0 Å². The zero-order valence-electron chi connectivity index (χ0n) is 27.0. The first kappa shape index (κ1) is 37.3. The fourth-order valence-electron chi connectivity index (χ4n) is 5.86. The number of carbonyl (C=O) groups excluding carboxylic acids is 2. The van der Waals surface area contributed by atoms with E-state index in [0.717, 1.165) is 25.0 Å². The molecule has 262 valence electrons. The summed E-state index contributed by atoms with van der Waals surface area (Å²) in [7, 11) is 0. The second-order valence-corrected chi connectivity index (χ2v) is 11.2. The van der Waals surface area contributed by atoms with E-state index in [4.69, 9.17) is 28.4 Å². The van der Waals surface area contributed by atoms with Gasteiger partial charge in [0.2, 0.25) is 0 Å². The maximum absolute atomic E-state index is 12.3. The summed E-state index contributed by atoms with van der Waals surface area (Å²) in [6.07, 6.45) is -9.07. The molecule has 2 aromatic rings. The maximum atomic E-state index is 12.3. The van der Waals surface area contributed by atoms with E-state index in [1.54, 1.807) is 0 Å². The van der Waals surface area contributed by atoms with Crippen LogP contribution < -0.4 is 0 Å². The summed E-state index contributed by atoms with van der Waals surface area (Å²) < 4.78 is 36.4. The molecule has 2 fully saturated rings. The third-order valence-corrected chi connectivity index (χ3v) is 7.88. The SMILES string of the molecule is CC(=O)O[C@@H]1[C@@H](OC(C)=O)[C@H](N=[N+]=[N-])C[C@H](N=[N+]=[N-])[C@H]1O[C@H]1O[C@H](CN=[N+]=[N-])[C@@H](OCc2ccccc2)[C@H](OCc2ccccc2)[C@H]1N=[N+]=[N-]. The largest absolute Gasteiger partial charge is 0.458 e. The lowest BCUT2D eigenvalue weighted by Crippen LogP contribution is -2.64. The summed E-state index contributed by atoms with van der Waals surface area (Å²) in [6.45, 7) is 2.07. The number of rotatable bonds is 15. The molecule has 10 atom stereocenters. The van der Waals surface area contributed by atoms with Crippen LogP contribution in [-0.4, -0.2) is 79.5 Å². The summed E-state index contributed by atoms with van der Waals surface area (Å²) in [4.78, 5) is 36.1. The highest BCUT2D eigenvalue weighted by Crippen LogP contribution is 2.37. The number of esters is 2. The van der Waals surface area contributed by atoms with Crippen LogP contribution >= 0.6 is 0 Å². The molecule has 1 heterocycles. The van der Waals surface area contributed by atoms with Gasteiger partial charge in [-0.2, -0.15) is 0 Å². The number of azide groups is 4. The molecule has 1 aliphatic heterocycles. The Morgan fingerprint density at radius 2 is 1.22 bits per heavy atom. The molecule has 0 spiro atoms. The molecule has 1 saturated carbocycles. The van der Waals surface area contributed by atoms with Gasteiger partial charge >= 0.3 is 11.9 Å². The molecule has 0 bridgehead atoms. The topological polar surface area (TPSA) is 285 Å². The summed E-state index contributed by atoms with van der Waals surface area (Å²) in [5.74, 6) is -1.60. The van der Waals surface area contributed by atoms with E-state index in [0.29, 0.717) is 0 Å². The number of hydrogen-bond donors (Lipinski definition) is 0. The first-order chi connectivity index (χ1) is 24.3. The highest BCUT2D eigenvalue weighted by molar-refractivity contribution is 5.67. The fourth-order valence-corrected chi connectivity index (χ4v) is 5.86. The van der Waals surface area contributed by atoms with Gasteiger partial charge in [0.05, 0.1) is 37.9 Å². The van der Waals surface area contributed by atoms with Crippen LogP contribution in [0.3, 0.4) is 0 Å². The minimum Gasteiger partial charge on any atom is -0.458 e. The summed E-state index contributed by atoms with van der Waals surface area (Å²) in [5, 5.41) is 15.2. The van der Waals surface area contributed by atoms with Gasteiger partial charge in [-0.25, -0.2) is 0 Å². The van der Waals surface area contributed by atoms with Crippen LogP contribution in [-0.2, 0) is 51.2 Å². The molecule has 4 rings (SSSR count).